The van der Waals surface area contributed by atoms with Crippen molar-refractivity contribution in [2.24, 2.45) is 0 Å². The van der Waals surface area contributed by atoms with E-state index in [1.165, 1.54) is 5.56 Å². The average molecular weight is 266 g/mol. The molecular weight excluding hydrogens is 244 g/mol. The second-order valence-electron chi connectivity index (χ2n) is 4.11. The van der Waals surface area contributed by atoms with Crippen LogP contribution in [0.3, 0.4) is 0 Å². The van der Waals surface area contributed by atoms with Gasteiger partial charge in [0.1, 0.15) is 0 Å². The lowest BCUT2D eigenvalue weighted by Crippen LogP contribution is -2.25. The molecule has 1 aromatic rings. The predicted octanol–water partition coefficient (Wildman–Crippen LogP) is 2.21. The maximum absolute atomic E-state index is 11.2. The minimum atomic E-state index is 0.0855. The molecule has 0 bridgehead atoms. The number of hydrogen-bond donors (Lipinski definition) is 2. The quantitative estimate of drug-likeness (QED) is 0.758. The predicted molar refractivity (Wildman–Crippen MR) is 78.9 cm³/mol. The van der Waals surface area contributed by atoms with Gasteiger partial charge < -0.3 is 10.6 Å². The fourth-order valence-electron chi connectivity index (χ4n) is 1.62. The number of benzene rings is 1. The van der Waals surface area contributed by atoms with Crippen LogP contribution in [0.2, 0.25) is 0 Å². The summed E-state index contributed by atoms with van der Waals surface area (Å²) in [5, 5.41) is 6.17. The average Bonchev–Trinajstić information content (AvgIpc) is 2.43. The summed E-state index contributed by atoms with van der Waals surface area (Å²) in [5.74, 6) is 1.52. The summed E-state index contributed by atoms with van der Waals surface area (Å²) in [6.45, 7) is 3.16. The van der Waals surface area contributed by atoms with Crippen molar-refractivity contribution >= 4 is 17.7 Å². The lowest BCUT2D eigenvalue weighted by molar-refractivity contribution is -0.118. The first-order valence-electron chi connectivity index (χ1n) is 6.34. The van der Waals surface area contributed by atoms with Gasteiger partial charge in [-0.05, 0) is 18.5 Å². The van der Waals surface area contributed by atoms with E-state index in [9.17, 15) is 4.79 Å². The second-order valence-corrected chi connectivity index (χ2v) is 5.14. The highest BCUT2D eigenvalue weighted by atomic mass is 32.2. The molecule has 2 N–H and O–H groups in total. The molecule has 0 saturated heterocycles. The standard InChI is InChI=1S/C14H22N2OS/c1-3-9-16-13(10-18-11-14(17)15-2)12-7-5-4-6-8-12/h4-8,13,16H,3,9-11H2,1-2H3,(H,15,17). The highest BCUT2D eigenvalue weighted by Gasteiger charge is 2.10. The molecule has 0 fully saturated rings. The fraction of sp³-hybridized carbons (Fsp3) is 0.500. The van der Waals surface area contributed by atoms with Crippen LogP contribution in [-0.4, -0.2) is 31.0 Å². The molecule has 0 aliphatic rings. The van der Waals surface area contributed by atoms with E-state index < -0.39 is 0 Å². The van der Waals surface area contributed by atoms with E-state index in [1.807, 2.05) is 6.07 Å². The van der Waals surface area contributed by atoms with Gasteiger partial charge in [-0.3, -0.25) is 4.79 Å². The Morgan fingerprint density at radius 2 is 2.06 bits per heavy atom. The summed E-state index contributed by atoms with van der Waals surface area (Å²) in [4.78, 5) is 11.2. The van der Waals surface area contributed by atoms with E-state index in [0.717, 1.165) is 18.7 Å². The molecular formula is C14H22N2OS. The number of thioether (sulfide) groups is 1. The zero-order valence-corrected chi connectivity index (χ0v) is 11.9. The molecule has 100 valence electrons. The van der Waals surface area contributed by atoms with Crippen molar-refractivity contribution in [1.29, 1.82) is 0 Å². The van der Waals surface area contributed by atoms with E-state index in [0.29, 0.717) is 11.8 Å². The molecule has 0 aliphatic carbocycles. The molecule has 0 spiro atoms. The van der Waals surface area contributed by atoms with E-state index in [1.54, 1.807) is 18.8 Å². The molecule has 0 radical (unpaired) electrons. The zero-order chi connectivity index (χ0) is 13.2. The van der Waals surface area contributed by atoms with Crippen molar-refractivity contribution in [3.8, 4) is 0 Å². The Bertz CT molecular complexity index is 343. The normalized spacial score (nSPS) is 12.1. The lowest BCUT2D eigenvalue weighted by atomic mass is 10.1. The van der Waals surface area contributed by atoms with Crippen LogP contribution >= 0.6 is 11.8 Å². The molecule has 18 heavy (non-hydrogen) atoms. The Balaban J connectivity index is 2.48. The number of carbonyl (C=O) groups excluding carboxylic acids is 1. The van der Waals surface area contributed by atoms with E-state index in [4.69, 9.17) is 0 Å². The SMILES string of the molecule is CCCNC(CSCC(=O)NC)c1ccccc1. The Morgan fingerprint density at radius 1 is 1.33 bits per heavy atom. The molecule has 4 heteroatoms. The molecule has 0 heterocycles. The molecule has 1 amide bonds. The summed E-state index contributed by atoms with van der Waals surface area (Å²) in [5.41, 5.74) is 1.29. The number of carbonyl (C=O) groups is 1. The van der Waals surface area contributed by atoms with Crippen LogP contribution in [0.1, 0.15) is 24.9 Å². The Morgan fingerprint density at radius 3 is 2.67 bits per heavy atom. The van der Waals surface area contributed by atoms with Gasteiger partial charge in [-0.25, -0.2) is 0 Å². The molecule has 0 saturated carbocycles. The highest BCUT2D eigenvalue weighted by molar-refractivity contribution is 7.99. The number of amides is 1. The van der Waals surface area contributed by atoms with Crippen molar-refractivity contribution in [3.63, 3.8) is 0 Å². The zero-order valence-electron chi connectivity index (χ0n) is 11.1. The number of rotatable bonds is 8. The molecule has 1 aromatic carbocycles. The first-order chi connectivity index (χ1) is 8.77. The van der Waals surface area contributed by atoms with Gasteiger partial charge in [0.2, 0.25) is 5.91 Å². The van der Waals surface area contributed by atoms with Gasteiger partial charge in [0, 0.05) is 18.8 Å². The topological polar surface area (TPSA) is 41.1 Å². The van der Waals surface area contributed by atoms with Gasteiger partial charge in [-0.15, -0.1) is 0 Å². The van der Waals surface area contributed by atoms with Gasteiger partial charge in [0.15, 0.2) is 0 Å². The number of nitrogens with one attached hydrogen (secondary N) is 2. The molecule has 1 atom stereocenters. The second kappa shape index (κ2) is 9.00. The molecule has 0 aromatic heterocycles. The van der Waals surface area contributed by atoms with E-state index in [-0.39, 0.29) is 5.91 Å². The van der Waals surface area contributed by atoms with Crippen molar-refractivity contribution in [3.05, 3.63) is 35.9 Å². The van der Waals surface area contributed by atoms with Crippen molar-refractivity contribution in [2.75, 3.05) is 25.1 Å². The van der Waals surface area contributed by atoms with Crippen LogP contribution in [0.5, 0.6) is 0 Å². The third-order valence-electron chi connectivity index (χ3n) is 2.64. The van der Waals surface area contributed by atoms with Gasteiger partial charge in [-0.2, -0.15) is 11.8 Å². The lowest BCUT2D eigenvalue weighted by Gasteiger charge is -2.18. The van der Waals surface area contributed by atoms with Crippen LogP contribution < -0.4 is 10.6 Å². The smallest absolute Gasteiger partial charge is 0.229 e. The van der Waals surface area contributed by atoms with Gasteiger partial charge in [-0.1, -0.05) is 37.3 Å². The molecule has 0 aliphatic heterocycles. The summed E-state index contributed by atoms with van der Waals surface area (Å²) < 4.78 is 0. The first-order valence-corrected chi connectivity index (χ1v) is 7.50. The van der Waals surface area contributed by atoms with Gasteiger partial charge in [0.25, 0.3) is 0 Å². The van der Waals surface area contributed by atoms with Crippen LogP contribution in [0.15, 0.2) is 30.3 Å². The summed E-state index contributed by atoms with van der Waals surface area (Å²) >= 11 is 1.66. The van der Waals surface area contributed by atoms with Crippen LogP contribution in [0, 0.1) is 0 Å². The summed E-state index contributed by atoms with van der Waals surface area (Å²) in [7, 11) is 1.67. The van der Waals surface area contributed by atoms with Gasteiger partial charge >= 0.3 is 0 Å². The van der Waals surface area contributed by atoms with Crippen LogP contribution in [0.25, 0.3) is 0 Å². The Hall–Kier alpha value is -1.00. The monoisotopic (exact) mass is 266 g/mol. The summed E-state index contributed by atoms with van der Waals surface area (Å²) in [6, 6.07) is 10.7. The third kappa shape index (κ3) is 5.56. The first kappa shape index (κ1) is 15.1. The van der Waals surface area contributed by atoms with Crippen LogP contribution in [0.4, 0.5) is 0 Å². The Labute approximate surface area is 114 Å². The summed E-state index contributed by atoms with van der Waals surface area (Å²) in [6.07, 6.45) is 1.11. The maximum Gasteiger partial charge on any atom is 0.229 e. The largest absolute Gasteiger partial charge is 0.358 e. The van der Waals surface area contributed by atoms with Crippen LogP contribution in [-0.2, 0) is 4.79 Å². The van der Waals surface area contributed by atoms with Crippen molar-refractivity contribution in [2.45, 2.75) is 19.4 Å². The number of hydrogen-bond acceptors (Lipinski definition) is 3. The highest BCUT2D eigenvalue weighted by Crippen LogP contribution is 2.18. The minimum Gasteiger partial charge on any atom is -0.358 e. The van der Waals surface area contributed by atoms with E-state index >= 15 is 0 Å². The van der Waals surface area contributed by atoms with Crippen molar-refractivity contribution in [1.82, 2.24) is 10.6 Å². The minimum absolute atomic E-state index is 0.0855. The van der Waals surface area contributed by atoms with E-state index in [2.05, 4.69) is 41.8 Å². The third-order valence-corrected chi connectivity index (χ3v) is 3.67. The Kier molecular flexibility index (Phi) is 7.53. The molecule has 3 nitrogen and oxygen atoms in total. The fourth-order valence-corrected chi connectivity index (χ4v) is 2.61. The van der Waals surface area contributed by atoms with Gasteiger partial charge in [0.05, 0.1) is 5.75 Å². The van der Waals surface area contributed by atoms with Crippen molar-refractivity contribution < 1.29 is 4.79 Å². The molecule has 1 rings (SSSR count). The maximum atomic E-state index is 11.2. The molecule has 1 unspecified atom stereocenters.